The monoisotopic (exact) mass is 281 g/mol. The molecule has 4 nitrogen and oxygen atoms in total. The van der Waals surface area contributed by atoms with Gasteiger partial charge in [0.25, 0.3) is 5.91 Å². The highest BCUT2D eigenvalue weighted by molar-refractivity contribution is 5.81. The Labute approximate surface area is 118 Å². The molecule has 1 aromatic rings. The van der Waals surface area contributed by atoms with E-state index in [9.17, 15) is 14.3 Å². The van der Waals surface area contributed by atoms with Crippen molar-refractivity contribution in [3.05, 3.63) is 30.1 Å². The molecular formula is C15H20FNO3. The molecule has 110 valence electrons. The molecule has 1 N–H and O–H groups in total. The fourth-order valence-corrected chi connectivity index (χ4v) is 2.36. The zero-order valence-electron chi connectivity index (χ0n) is 11.8. The van der Waals surface area contributed by atoms with Gasteiger partial charge in [0.2, 0.25) is 0 Å². The number of aliphatic hydroxyl groups is 1. The number of rotatable bonds is 3. The van der Waals surface area contributed by atoms with Crippen molar-refractivity contribution in [2.24, 2.45) is 5.92 Å². The number of carbonyl (C=O) groups is 1. The minimum Gasteiger partial charge on any atom is -0.481 e. The topological polar surface area (TPSA) is 49.8 Å². The van der Waals surface area contributed by atoms with Crippen LogP contribution < -0.4 is 4.74 Å². The smallest absolute Gasteiger partial charge is 0.263 e. The molecule has 5 heteroatoms. The SMILES string of the molecule is CC(Oc1ccc(F)cc1)C(=O)N1CCC(O)C(C)C1. The molecule has 0 aliphatic carbocycles. The van der Waals surface area contributed by atoms with Crippen LogP contribution >= 0.6 is 0 Å². The number of nitrogens with zero attached hydrogens (tertiary/aromatic N) is 1. The normalized spacial score (nSPS) is 24.3. The van der Waals surface area contributed by atoms with Gasteiger partial charge in [0, 0.05) is 13.1 Å². The Balaban J connectivity index is 1.93. The van der Waals surface area contributed by atoms with Crippen LogP contribution in [0.15, 0.2) is 24.3 Å². The summed E-state index contributed by atoms with van der Waals surface area (Å²) in [5.41, 5.74) is 0. The first kappa shape index (κ1) is 14.8. The van der Waals surface area contributed by atoms with Crippen molar-refractivity contribution >= 4 is 5.91 Å². The highest BCUT2D eigenvalue weighted by Gasteiger charge is 2.30. The first-order valence-corrected chi connectivity index (χ1v) is 6.86. The number of hydrogen-bond donors (Lipinski definition) is 1. The average Bonchev–Trinajstić information content (AvgIpc) is 2.43. The van der Waals surface area contributed by atoms with Gasteiger partial charge in [0.05, 0.1) is 6.10 Å². The Kier molecular flexibility index (Phi) is 4.60. The zero-order valence-corrected chi connectivity index (χ0v) is 11.8. The molecule has 1 amide bonds. The molecule has 1 aromatic carbocycles. The summed E-state index contributed by atoms with van der Waals surface area (Å²) in [6, 6.07) is 5.60. The van der Waals surface area contributed by atoms with E-state index in [1.165, 1.54) is 24.3 Å². The summed E-state index contributed by atoms with van der Waals surface area (Å²) >= 11 is 0. The summed E-state index contributed by atoms with van der Waals surface area (Å²) in [4.78, 5) is 14.0. The summed E-state index contributed by atoms with van der Waals surface area (Å²) in [5, 5.41) is 9.67. The first-order valence-electron chi connectivity index (χ1n) is 6.86. The minimum absolute atomic E-state index is 0.0747. The van der Waals surface area contributed by atoms with Crippen LogP contribution in [0.3, 0.4) is 0 Å². The lowest BCUT2D eigenvalue weighted by molar-refractivity contribution is -0.141. The highest BCUT2D eigenvalue weighted by Crippen LogP contribution is 2.19. The molecule has 2 rings (SSSR count). The fourth-order valence-electron chi connectivity index (χ4n) is 2.36. The maximum Gasteiger partial charge on any atom is 0.263 e. The molecule has 0 spiro atoms. The molecule has 20 heavy (non-hydrogen) atoms. The second-order valence-electron chi connectivity index (χ2n) is 5.33. The van der Waals surface area contributed by atoms with E-state index in [2.05, 4.69) is 0 Å². The molecule has 1 saturated heterocycles. The Morgan fingerprint density at radius 1 is 1.45 bits per heavy atom. The molecule has 1 heterocycles. The number of hydrogen-bond acceptors (Lipinski definition) is 3. The highest BCUT2D eigenvalue weighted by atomic mass is 19.1. The molecule has 0 aromatic heterocycles. The van der Waals surface area contributed by atoms with Crippen molar-refractivity contribution in [1.82, 2.24) is 4.90 Å². The summed E-state index contributed by atoms with van der Waals surface area (Å²) in [6.45, 7) is 4.69. The molecule has 0 bridgehead atoms. The summed E-state index contributed by atoms with van der Waals surface area (Å²) in [5.74, 6) is 0.103. The van der Waals surface area contributed by atoms with E-state index >= 15 is 0 Å². The van der Waals surface area contributed by atoms with Crippen LogP contribution in [0.4, 0.5) is 4.39 Å². The van der Waals surface area contributed by atoms with Crippen LogP contribution in [0, 0.1) is 11.7 Å². The van der Waals surface area contributed by atoms with Crippen LogP contribution in [0.2, 0.25) is 0 Å². The van der Waals surface area contributed by atoms with Gasteiger partial charge >= 0.3 is 0 Å². The maximum atomic E-state index is 12.8. The largest absolute Gasteiger partial charge is 0.481 e. The first-order chi connectivity index (χ1) is 9.47. The summed E-state index contributed by atoms with van der Waals surface area (Å²) in [6.07, 6.45) is -0.369. The number of amides is 1. The maximum absolute atomic E-state index is 12.8. The second-order valence-corrected chi connectivity index (χ2v) is 5.33. The lowest BCUT2D eigenvalue weighted by Gasteiger charge is -2.35. The van der Waals surface area contributed by atoms with Crippen molar-refractivity contribution in [1.29, 1.82) is 0 Å². The Morgan fingerprint density at radius 3 is 2.70 bits per heavy atom. The van der Waals surface area contributed by atoms with Crippen molar-refractivity contribution in [3.63, 3.8) is 0 Å². The van der Waals surface area contributed by atoms with Gasteiger partial charge in [-0.25, -0.2) is 4.39 Å². The molecular weight excluding hydrogens is 261 g/mol. The summed E-state index contributed by atoms with van der Waals surface area (Å²) in [7, 11) is 0. The van der Waals surface area contributed by atoms with Crippen LogP contribution in [0.25, 0.3) is 0 Å². The van der Waals surface area contributed by atoms with Gasteiger partial charge in [-0.1, -0.05) is 6.92 Å². The van der Waals surface area contributed by atoms with Crippen LogP contribution in [0.1, 0.15) is 20.3 Å². The van der Waals surface area contributed by atoms with Gasteiger partial charge in [0.1, 0.15) is 11.6 Å². The van der Waals surface area contributed by atoms with E-state index in [1.54, 1.807) is 11.8 Å². The molecule has 3 atom stereocenters. The number of piperidine rings is 1. The quantitative estimate of drug-likeness (QED) is 0.919. The van der Waals surface area contributed by atoms with E-state index in [1.807, 2.05) is 6.92 Å². The molecule has 1 aliphatic heterocycles. The lowest BCUT2D eigenvalue weighted by atomic mass is 9.96. The van der Waals surface area contributed by atoms with Crippen LogP contribution in [0.5, 0.6) is 5.75 Å². The van der Waals surface area contributed by atoms with Crippen molar-refractivity contribution in [2.45, 2.75) is 32.5 Å². The summed E-state index contributed by atoms with van der Waals surface area (Å²) < 4.78 is 18.3. The predicted molar refractivity (Wildman–Crippen MR) is 72.9 cm³/mol. The number of likely N-dealkylation sites (tertiary alicyclic amines) is 1. The number of halogens is 1. The van der Waals surface area contributed by atoms with Gasteiger partial charge in [-0.3, -0.25) is 4.79 Å². The van der Waals surface area contributed by atoms with Crippen LogP contribution in [-0.2, 0) is 4.79 Å². The van der Waals surface area contributed by atoms with E-state index < -0.39 is 6.10 Å². The predicted octanol–water partition coefficient (Wildman–Crippen LogP) is 1.82. The number of ether oxygens (including phenoxy) is 1. The van der Waals surface area contributed by atoms with Gasteiger partial charge in [-0.05, 0) is 43.5 Å². The fraction of sp³-hybridized carbons (Fsp3) is 0.533. The third kappa shape index (κ3) is 3.48. The van der Waals surface area contributed by atoms with Crippen molar-refractivity contribution in [3.8, 4) is 5.75 Å². The molecule has 1 aliphatic rings. The Hall–Kier alpha value is -1.62. The van der Waals surface area contributed by atoms with E-state index in [0.29, 0.717) is 25.3 Å². The minimum atomic E-state index is -0.622. The van der Waals surface area contributed by atoms with Gasteiger partial charge in [-0.2, -0.15) is 0 Å². The standard InChI is InChI=1S/C15H20FNO3/c1-10-9-17(8-7-14(10)18)15(19)11(2)20-13-5-3-12(16)4-6-13/h3-6,10-11,14,18H,7-9H2,1-2H3. The number of benzene rings is 1. The average molecular weight is 281 g/mol. The third-order valence-corrected chi connectivity index (χ3v) is 3.65. The van der Waals surface area contributed by atoms with Crippen molar-refractivity contribution < 1.29 is 19.0 Å². The van der Waals surface area contributed by atoms with Gasteiger partial charge in [0.15, 0.2) is 6.10 Å². The molecule has 1 fully saturated rings. The zero-order chi connectivity index (χ0) is 14.7. The van der Waals surface area contributed by atoms with Gasteiger partial charge in [-0.15, -0.1) is 0 Å². The molecule has 3 unspecified atom stereocenters. The third-order valence-electron chi connectivity index (χ3n) is 3.65. The molecule has 0 radical (unpaired) electrons. The van der Waals surface area contributed by atoms with E-state index in [4.69, 9.17) is 4.74 Å². The number of aliphatic hydroxyl groups excluding tert-OH is 1. The Bertz CT molecular complexity index is 463. The van der Waals surface area contributed by atoms with Gasteiger partial charge < -0.3 is 14.7 Å². The van der Waals surface area contributed by atoms with Crippen LogP contribution in [-0.4, -0.2) is 41.2 Å². The second kappa shape index (κ2) is 6.22. The van der Waals surface area contributed by atoms with Crippen molar-refractivity contribution in [2.75, 3.05) is 13.1 Å². The lowest BCUT2D eigenvalue weighted by Crippen LogP contribution is -2.49. The number of carbonyl (C=O) groups excluding carboxylic acids is 1. The van der Waals surface area contributed by atoms with E-state index in [0.717, 1.165) is 0 Å². The molecule has 0 saturated carbocycles. The van der Waals surface area contributed by atoms with E-state index in [-0.39, 0.29) is 23.7 Å². The Morgan fingerprint density at radius 2 is 2.10 bits per heavy atom.